The number of halogens is 1. The molecule has 2 rings (SSSR count). The molecule has 0 atom stereocenters. The number of carbonyl (C=O) groups is 1. The highest BCUT2D eigenvalue weighted by Gasteiger charge is 2.20. The van der Waals surface area contributed by atoms with E-state index in [9.17, 15) is 4.79 Å². The van der Waals surface area contributed by atoms with Gasteiger partial charge in [-0.15, -0.1) is 0 Å². The van der Waals surface area contributed by atoms with Crippen LogP contribution in [0, 0.1) is 5.92 Å². The van der Waals surface area contributed by atoms with Crippen LogP contribution in [0.25, 0.3) is 0 Å². The van der Waals surface area contributed by atoms with E-state index in [0.29, 0.717) is 23.3 Å². The summed E-state index contributed by atoms with van der Waals surface area (Å²) in [5, 5.41) is 6.76. The smallest absolute Gasteiger partial charge is 0.238 e. The van der Waals surface area contributed by atoms with Crippen molar-refractivity contribution >= 4 is 23.2 Å². The van der Waals surface area contributed by atoms with Crippen LogP contribution >= 0.6 is 11.6 Å². The van der Waals surface area contributed by atoms with Crippen LogP contribution in [-0.2, 0) is 4.79 Å². The number of anilines is 1. The highest BCUT2D eigenvalue weighted by Crippen LogP contribution is 2.26. The molecule has 0 aromatic heterocycles. The van der Waals surface area contributed by atoms with Crippen molar-refractivity contribution in [2.75, 3.05) is 11.9 Å². The lowest BCUT2D eigenvalue weighted by Crippen LogP contribution is -2.38. The highest BCUT2D eigenvalue weighted by molar-refractivity contribution is 6.33. The third-order valence-electron chi connectivity index (χ3n) is 4.12. The third-order valence-corrected chi connectivity index (χ3v) is 4.45. The lowest BCUT2D eigenvalue weighted by molar-refractivity contribution is -0.115. The highest BCUT2D eigenvalue weighted by atomic mass is 35.5. The van der Waals surface area contributed by atoms with Gasteiger partial charge in [-0.2, -0.15) is 0 Å². The lowest BCUT2D eigenvalue weighted by atomic mass is 9.84. The monoisotopic (exact) mass is 294 g/mol. The van der Waals surface area contributed by atoms with E-state index in [4.69, 9.17) is 11.6 Å². The van der Waals surface area contributed by atoms with E-state index >= 15 is 0 Å². The molecule has 2 N–H and O–H groups in total. The number of carbonyl (C=O) groups excluding carboxylic acids is 1. The van der Waals surface area contributed by atoms with Gasteiger partial charge in [0.2, 0.25) is 5.91 Å². The zero-order valence-corrected chi connectivity index (χ0v) is 12.7. The van der Waals surface area contributed by atoms with Crippen LogP contribution in [0.3, 0.4) is 0 Å². The summed E-state index contributed by atoms with van der Waals surface area (Å²) in [6.07, 6.45) is 6.19. The lowest BCUT2D eigenvalue weighted by Gasteiger charge is -2.28. The maximum atomic E-state index is 11.9. The van der Waals surface area contributed by atoms with Crippen molar-refractivity contribution in [2.45, 2.75) is 45.1 Å². The SMILES string of the molecule is CCC1CCC(NCC(=O)Nc2ccccc2Cl)CC1. The molecule has 0 saturated heterocycles. The average molecular weight is 295 g/mol. The molecule has 1 amide bonds. The second kappa shape index (κ2) is 7.65. The minimum Gasteiger partial charge on any atom is -0.324 e. The van der Waals surface area contributed by atoms with Crippen molar-refractivity contribution in [3.63, 3.8) is 0 Å². The predicted octanol–water partition coefficient (Wildman–Crippen LogP) is 3.84. The Morgan fingerprint density at radius 3 is 2.60 bits per heavy atom. The molecule has 4 heteroatoms. The van der Waals surface area contributed by atoms with Crippen LogP contribution in [0.2, 0.25) is 5.02 Å². The fraction of sp³-hybridized carbons (Fsp3) is 0.562. The number of hydrogen-bond acceptors (Lipinski definition) is 2. The van der Waals surface area contributed by atoms with Gasteiger partial charge >= 0.3 is 0 Å². The summed E-state index contributed by atoms with van der Waals surface area (Å²) in [5.74, 6) is 0.848. The number of amides is 1. The Morgan fingerprint density at radius 2 is 1.95 bits per heavy atom. The Hall–Kier alpha value is -1.06. The molecule has 1 aliphatic carbocycles. The molecule has 0 unspecified atom stereocenters. The van der Waals surface area contributed by atoms with Gasteiger partial charge in [-0.05, 0) is 43.7 Å². The Kier molecular flexibility index (Phi) is 5.86. The van der Waals surface area contributed by atoms with Crippen LogP contribution in [-0.4, -0.2) is 18.5 Å². The van der Waals surface area contributed by atoms with E-state index < -0.39 is 0 Å². The molecule has 0 radical (unpaired) electrons. The van der Waals surface area contributed by atoms with Crippen molar-refractivity contribution in [3.8, 4) is 0 Å². The Labute approximate surface area is 126 Å². The molecule has 1 aromatic rings. The Bertz CT molecular complexity index is 442. The Balaban J connectivity index is 1.72. The molecule has 0 bridgehead atoms. The quantitative estimate of drug-likeness (QED) is 0.866. The van der Waals surface area contributed by atoms with E-state index in [2.05, 4.69) is 17.6 Å². The van der Waals surface area contributed by atoms with Crippen LogP contribution in [0.15, 0.2) is 24.3 Å². The Morgan fingerprint density at radius 1 is 1.25 bits per heavy atom. The predicted molar refractivity (Wildman–Crippen MR) is 84.1 cm³/mol. The van der Waals surface area contributed by atoms with Crippen molar-refractivity contribution in [3.05, 3.63) is 29.3 Å². The molecule has 110 valence electrons. The summed E-state index contributed by atoms with van der Waals surface area (Å²) >= 11 is 6.01. The maximum Gasteiger partial charge on any atom is 0.238 e. The van der Waals surface area contributed by atoms with E-state index in [1.165, 1.54) is 32.1 Å². The van der Waals surface area contributed by atoms with Crippen LogP contribution in [0.5, 0.6) is 0 Å². The zero-order chi connectivity index (χ0) is 14.4. The molecule has 3 nitrogen and oxygen atoms in total. The van der Waals surface area contributed by atoms with Gasteiger partial charge in [-0.3, -0.25) is 4.79 Å². The van der Waals surface area contributed by atoms with Crippen molar-refractivity contribution in [1.29, 1.82) is 0 Å². The second-order valence-electron chi connectivity index (χ2n) is 5.53. The van der Waals surface area contributed by atoms with E-state index in [1.54, 1.807) is 6.07 Å². The summed E-state index contributed by atoms with van der Waals surface area (Å²) in [7, 11) is 0. The topological polar surface area (TPSA) is 41.1 Å². The molecule has 20 heavy (non-hydrogen) atoms. The van der Waals surface area contributed by atoms with Crippen molar-refractivity contribution in [2.24, 2.45) is 5.92 Å². The summed E-state index contributed by atoms with van der Waals surface area (Å²) in [4.78, 5) is 11.9. The van der Waals surface area contributed by atoms with E-state index in [-0.39, 0.29) is 5.91 Å². The van der Waals surface area contributed by atoms with Gasteiger partial charge in [0.1, 0.15) is 0 Å². The number of nitrogens with one attached hydrogen (secondary N) is 2. The molecular weight excluding hydrogens is 272 g/mol. The molecule has 0 aliphatic heterocycles. The first kappa shape index (κ1) is 15.3. The summed E-state index contributed by atoms with van der Waals surface area (Å²) in [6, 6.07) is 7.78. The minimum absolute atomic E-state index is 0.0317. The van der Waals surface area contributed by atoms with Gasteiger partial charge in [0.25, 0.3) is 0 Å². The third kappa shape index (κ3) is 4.50. The van der Waals surface area contributed by atoms with Crippen molar-refractivity contribution < 1.29 is 4.79 Å². The number of hydrogen-bond donors (Lipinski definition) is 2. The number of benzene rings is 1. The normalized spacial score (nSPS) is 22.5. The first-order chi connectivity index (χ1) is 9.69. The average Bonchev–Trinajstić information content (AvgIpc) is 2.48. The van der Waals surface area contributed by atoms with Gasteiger partial charge in [0.15, 0.2) is 0 Å². The molecule has 1 aliphatic rings. The standard InChI is InChI=1S/C16H23ClN2O/c1-2-12-7-9-13(10-8-12)18-11-16(20)19-15-6-4-3-5-14(15)17/h3-6,12-13,18H,2,7-11H2,1H3,(H,19,20). The summed E-state index contributed by atoms with van der Waals surface area (Å²) < 4.78 is 0. The van der Waals surface area contributed by atoms with Gasteiger partial charge in [0, 0.05) is 6.04 Å². The van der Waals surface area contributed by atoms with Crippen molar-refractivity contribution in [1.82, 2.24) is 5.32 Å². The van der Waals surface area contributed by atoms with Gasteiger partial charge in [-0.1, -0.05) is 37.1 Å². The largest absolute Gasteiger partial charge is 0.324 e. The molecule has 1 saturated carbocycles. The summed E-state index contributed by atoms with van der Waals surface area (Å²) in [6.45, 7) is 2.61. The zero-order valence-electron chi connectivity index (χ0n) is 12.0. The second-order valence-corrected chi connectivity index (χ2v) is 5.94. The van der Waals surface area contributed by atoms with Crippen LogP contribution in [0.4, 0.5) is 5.69 Å². The van der Waals surface area contributed by atoms with E-state index in [0.717, 1.165) is 5.92 Å². The van der Waals surface area contributed by atoms with E-state index in [1.807, 2.05) is 18.2 Å². The van der Waals surface area contributed by atoms with Gasteiger partial charge < -0.3 is 10.6 Å². The molecule has 1 aromatic carbocycles. The van der Waals surface area contributed by atoms with Gasteiger partial charge in [0.05, 0.1) is 17.3 Å². The first-order valence-corrected chi connectivity index (χ1v) is 7.84. The molecule has 0 heterocycles. The molecule has 1 fully saturated rings. The first-order valence-electron chi connectivity index (χ1n) is 7.46. The molecule has 0 spiro atoms. The minimum atomic E-state index is -0.0317. The number of para-hydroxylation sites is 1. The molecular formula is C16H23ClN2O. The fourth-order valence-electron chi connectivity index (χ4n) is 2.77. The fourth-order valence-corrected chi connectivity index (χ4v) is 2.95. The van der Waals surface area contributed by atoms with Crippen LogP contribution in [0.1, 0.15) is 39.0 Å². The van der Waals surface area contributed by atoms with Gasteiger partial charge in [-0.25, -0.2) is 0 Å². The number of rotatable bonds is 5. The summed E-state index contributed by atoms with van der Waals surface area (Å²) in [5.41, 5.74) is 0.677. The van der Waals surface area contributed by atoms with Crippen LogP contribution < -0.4 is 10.6 Å². The maximum absolute atomic E-state index is 11.9.